The van der Waals surface area contributed by atoms with E-state index in [2.05, 4.69) is 5.92 Å². The molecule has 2 aromatic carbocycles. The van der Waals surface area contributed by atoms with Gasteiger partial charge in [-0.2, -0.15) is 0 Å². The van der Waals surface area contributed by atoms with Crippen LogP contribution in [0.3, 0.4) is 0 Å². The quantitative estimate of drug-likeness (QED) is 0.480. The third-order valence-corrected chi connectivity index (χ3v) is 3.32. The number of esters is 1. The highest BCUT2D eigenvalue weighted by Crippen LogP contribution is 2.28. The van der Waals surface area contributed by atoms with Crippen LogP contribution in [0.2, 0.25) is 0 Å². The molecule has 2 rings (SSSR count). The summed E-state index contributed by atoms with van der Waals surface area (Å²) in [5.41, 5.74) is 2.58. The molecule has 0 atom stereocenters. The Bertz CT molecular complexity index is 735. The van der Waals surface area contributed by atoms with Crippen LogP contribution in [0.1, 0.15) is 18.1 Å². The van der Waals surface area contributed by atoms with E-state index in [9.17, 15) is 4.79 Å². The second kappa shape index (κ2) is 7.86. The fourth-order valence-electron chi connectivity index (χ4n) is 2.25. The second-order valence-electron chi connectivity index (χ2n) is 4.71. The van der Waals surface area contributed by atoms with Crippen molar-refractivity contribution in [3.63, 3.8) is 0 Å². The van der Waals surface area contributed by atoms with Crippen LogP contribution in [-0.4, -0.2) is 19.7 Å². The van der Waals surface area contributed by atoms with Crippen LogP contribution in [0.15, 0.2) is 60.2 Å². The Hall–Kier alpha value is -2.99. The van der Waals surface area contributed by atoms with Crippen molar-refractivity contribution in [3.05, 3.63) is 71.3 Å². The lowest BCUT2D eigenvalue weighted by Crippen LogP contribution is -2.09. The molecular formula is C20H18O3. The number of carbonyl (C=O) groups excluding carboxylic acids is 1. The molecule has 0 unspecified atom stereocenters. The van der Waals surface area contributed by atoms with Crippen molar-refractivity contribution < 1.29 is 14.3 Å². The van der Waals surface area contributed by atoms with E-state index in [4.69, 9.17) is 15.9 Å². The molecule has 0 radical (unpaired) electrons. The molecule has 0 saturated carbocycles. The van der Waals surface area contributed by atoms with Gasteiger partial charge in [0.25, 0.3) is 0 Å². The lowest BCUT2D eigenvalue weighted by atomic mass is 9.93. The van der Waals surface area contributed by atoms with Gasteiger partial charge in [-0.25, -0.2) is 4.79 Å². The molecule has 0 heterocycles. The second-order valence-corrected chi connectivity index (χ2v) is 4.71. The lowest BCUT2D eigenvalue weighted by molar-refractivity contribution is -0.137. The van der Waals surface area contributed by atoms with Crippen LogP contribution >= 0.6 is 0 Å². The highest BCUT2D eigenvalue weighted by Gasteiger charge is 2.18. The number of hydrogen-bond donors (Lipinski definition) is 0. The number of rotatable bonds is 5. The largest absolute Gasteiger partial charge is 0.497 e. The SMILES string of the molecule is C#CC(C(=O)OCC)=C(c1ccccc1)c1ccc(OC)cc1. The lowest BCUT2D eigenvalue weighted by Gasteiger charge is -2.12. The van der Waals surface area contributed by atoms with Crippen molar-refractivity contribution in [3.8, 4) is 18.1 Å². The van der Waals surface area contributed by atoms with Crippen LogP contribution in [0.5, 0.6) is 5.75 Å². The Kier molecular flexibility index (Phi) is 5.60. The van der Waals surface area contributed by atoms with Crippen molar-refractivity contribution >= 4 is 11.5 Å². The molecular weight excluding hydrogens is 288 g/mol. The van der Waals surface area contributed by atoms with Crippen molar-refractivity contribution in [1.82, 2.24) is 0 Å². The Morgan fingerprint density at radius 2 is 1.65 bits per heavy atom. The predicted octanol–water partition coefficient (Wildman–Crippen LogP) is 3.69. The number of methoxy groups -OCH3 is 1. The van der Waals surface area contributed by atoms with E-state index in [0.717, 1.165) is 16.9 Å². The van der Waals surface area contributed by atoms with Gasteiger partial charge in [-0.3, -0.25) is 0 Å². The molecule has 3 nitrogen and oxygen atoms in total. The molecule has 0 amide bonds. The van der Waals surface area contributed by atoms with Gasteiger partial charge in [-0.1, -0.05) is 48.4 Å². The number of terminal acetylenes is 1. The Labute approximate surface area is 136 Å². The minimum Gasteiger partial charge on any atom is -0.497 e. The summed E-state index contributed by atoms with van der Waals surface area (Å²) in [6.45, 7) is 2.02. The summed E-state index contributed by atoms with van der Waals surface area (Å²) < 4.78 is 10.3. The molecule has 0 spiro atoms. The van der Waals surface area contributed by atoms with Gasteiger partial charge in [-0.15, -0.1) is 6.42 Å². The van der Waals surface area contributed by atoms with Gasteiger partial charge >= 0.3 is 5.97 Å². The van der Waals surface area contributed by atoms with Crippen molar-refractivity contribution in [2.45, 2.75) is 6.92 Å². The van der Waals surface area contributed by atoms with E-state index < -0.39 is 5.97 Å². The number of carbonyl (C=O) groups is 1. The summed E-state index contributed by atoms with van der Waals surface area (Å²) in [6, 6.07) is 16.9. The van der Waals surface area contributed by atoms with Gasteiger partial charge in [0, 0.05) is 5.57 Å². The first kappa shape index (κ1) is 16.4. The van der Waals surface area contributed by atoms with Gasteiger partial charge in [-0.05, 0) is 30.2 Å². The fraction of sp³-hybridized carbons (Fsp3) is 0.150. The van der Waals surface area contributed by atoms with Crippen molar-refractivity contribution in [2.24, 2.45) is 0 Å². The zero-order valence-electron chi connectivity index (χ0n) is 13.2. The summed E-state index contributed by atoms with van der Waals surface area (Å²) in [7, 11) is 1.61. The molecule has 0 N–H and O–H groups in total. The molecule has 0 fully saturated rings. The Morgan fingerprint density at radius 1 is 1.04 bits per heavy atom. The molecule has 0 aliphatic rings. The smallest absolute Gasteiger partial charge is 0.347 e. The maximum atomic E-state index is 12.2. The monoisotopic (exact) mass is 306 g/mol. The molecule has 0 saturated heterocycles. The van der Waals surface area contributed by atoms with Crippen molar-refractivity contribution in [2.75, 3.05) is 13.7 Å². The predicted molar refractivity (Wildman–Crippen MR) is 90.9 cm³/mol. The molecule has 0 aliphatic carbocycles. The van der Waals surface area contributed by atoms with E-state index in [0.29, 0.717) is 5.57 Å². The summed E-state index contributed by atoms with van der Waals surface area (Å²) in [5.74, 6) is 2.73. The molecule has 0 bridgehead atoms. The maximum Gasteiger partial charge on any atom is 0.347 e. The van der Waals surface area contributed by atoms with Gasteiger partial charge in [0.2, 0.25) is 0 Å². The molecule has 2 aromatic rings. The molecule has 116 valence electrons. The first-order valence-corrected chi connectivity index (χ1v) is 7.29. The van der Waals surface area contributed by atoms with Gasteiger partial charge in [0.1, 0.15) is 11.3 Å². The van der Waals surface area contributed by atoms with Crippen LogP contribution in [0.4, 0.5) is 0 Å². The number of hydrogen-bond acceptors (Lipinski definition) is 3. The minimum absolute atomic E-state index is 0.211. The van der Waals surface area contributed by atoms with Crippen LogP contribution < -0.4 is 4.74 Å². The van der Waals surface area contributed by atoms with E-state index in [1.165, 1.54) is 0 Å². The van der Waals surface area contributed by atoms with Gasteiger partial charge < -0.3 is 9.47 Å². The van der Waals surface area contributed by atoms with E-state index in [1.54, 1.807) is 14.0 Å². The summed E-state index contributed by atoms with van der Waals surface area (Å²) in [6.07, 6.45) is 5.60. The average Bonchev–Trinajstić information content (AvgIpc) is 2.60. The molecule has 3 heteroatoms. The molecule has 0 aromatic heterocycles. The first-order valence-electron chi connectivity index (χ1n) is 7.29. The molecule has 0 aliphatic heterocycles. The van der Waals surface area contributed by atoms with Crippen LogP contribution in [-0.2, 0) is 9.53 Å². The normalized spacial score (nSPS) is 11.2. The molecule has 23 heavy (non-hydrogen) atoms. The maximum absolute atomic E-state index is 12.2. The highest BCUT2D eigenvalue weighted by atomic mass is 16.5. The van der Waals surface area contributed by atoms with E-state index >= 15 is 0 Å². The van der Waals surface area contributed by atoms with Crippen LogP contribution in [0, 0.1) is 12.3 Å². The third-order valence-electron chi connectivity index (χ3n) is 3.32. The first-order chi connectivity index (χ1) is 11.2. The van der Waals surface area contributed by atoms with E-state index in [1.807, 2.05) is 54.6 Å². The number of benzene rings is 2. The zero-order valence-corrected chi connectivity index (χ0v) is 13.2. The van der Waals surface area contributed by atoms with Gasteiger partial charge in [0.15, 0.2) is 0 Å². The standard InChI is InChI=1S/C20H18O3/c1-4-18(20(21)23-5-2)19(15-9-7-6-8-10-15)16-11-13-17(22-3)14-12-16/h1,6-14H,5H2,2-3H3. The number of ether oxygens (including phenoxy) is 2. The van der Waals surface area contributed by atoms with E-state index in [-0.39, 0.29) is 12.2 Å². The highest BCUT2D eigenvalue weighted by molar-refractivity contribution is 6.05. The topological polar surface area (TPSA) is 35.5 Å². The van der Waals surface area contributed by atoms with Crippen LogP contribution in [0.25, 0.3) is 5.57 Å². The van der Waals surface area contributed by atoms with Gasteiger partial charge in [0.05, 0.1) is 13.7 Å². The average molecular weight is 306 g/mol. The Morgan fingerprint density at radius 3 is 2.17 bits per heavy atom. The summed E-state index contributed by atoms with van der Waals surface area (Å²) in [4.78, 5) is 12.2. The summed E-state index contributed by atoms with van der Waals surface area (Å²) in [5, 5.41) is 0. The third kappa shape index (κ3) is 3.81. The fourth-order valence-corrected chi connectivity index (χ4v) is 2.25. The minimum atomic E-state index is -0.496. The summed E-state index contributed by atoms with van der Waals surface area (Å²) >= 11 is 0. The van der Waals surface area contributed by atoms with Crippen molar-refractivity contribution in [1.29, 1.82) is 0 Å². The Balaban J connectivity index is 2.64. The zero-order chi connectivity index (χ0) is 16.7.